The third kappa shape index (κ3) is 6.44. The van der Waals surface area contributed by atoms with E-state index in [4.69, 9.17) is 21.1 Å². The number of hydrogen-bond acceptors (Lipinski definition) is 5. The summed E-state index contributed by atoms with van der Waals surface area (Å²) in [6.45, 7) is 0.737. The van der Waals surface area contributed by atoms with E-state index in [2.05, 4.69) is 10.6 Å². The molecule has 2 aromatic rings. The van der Waals surface area contributed by atoms with Gasteiger partial charge in [-0.2, -0.15) is 0 Å². The van der Waals surface area contributed by atoms with Gasteiger partial charge in [-0.05, 0) is 29.8 Å². The number of carbonyl (C=O) groups is 3. The number of nitrogens with one attached hydrogen (secondary N) is 2. The molecular weight excluding hydrogens is 384 g/mol. The van der Waals surface area contributed by atoms with Gasteiger partial charge in [0.2, 0.25) is 5.91 Å². The van der Waals surface area contributed by atoms with Gasteiger partial charge in [0, 0.05) is 12.6 Å². The van der Waals surface area contributed by atoms with E-state index in [0.29, 0.717) is 22.0 Å². The number of esters is 1. The molecule has 0 fully saturated rings. The number of carbonyl (C=O) groups excluding carboxylic acids is 3. The maximum absolute atomic E-state index is 12.3. The van der Waals surface area contributed by atoms with Crippen molar-refractivity contribution in [2.75, 3.05) is 19.0 Å². The standard InChI is InChI=1S/C20H19ClN2O5/c1-13(24)22-17(10-14-6-4-3-5-7-14)20(26)28-12-19(25)23-15-8-9-18(27-2)16(21)11-15/h3-11H,12H2,1-2H3,(H,22,24)(H,23,25)/b17-10-. The second-order valence-electron chi connectivity index (χ2n) is 5.62. The lowest BCUT2D eigenvalue weighted by Crippen LogP contribution is -2.28. The average molecular weight is 403 g/mol. The number of ether oxygens (including phenoxy) is 2. The first-order chi connectivity index (χ1) is 13.4. The Balaban J connectivity index is 1.99. The number of anilines is 1. The molecule has 0 saturated carbocycles. The van der Waals surface area contributed by atoms with Gasteiger partial charge in [-0.3, -0.25) is 9.59 Å². The van der Waals surface area contributed by atoms with Crippen molar-refractivity contribution in [2.24, 2.45) is 0 Å². The molecule has 28 heavy (non-hydrogen) atoms. The van der Waals surface area contributed by atoms with Gasteiger partial charge in [-0.15, -0.1) is 0 Å². The first kappa shape index (κ1) is 21.0. The molecule has 2 rings (SSSR count). The van der Waals surface area contributed by atoms with Crippen molar-refractivity contribution in [3.05, 3.63) is 64.8 Å². The lowest BCUT2D eigenvalue weighted by Gasteiger charge is -2.10. The van der Waals surface area contributed by atoms with Crippen molar-refractivity contribution < 1.29 is 23.9 Å². The van der Waals surface area contributed by atoms with Crippen LogP contribution in [0.4, 0.5) is 5.69 Å². The molecule has 2 amide bonds. The highest BCUT2D eigenvalue weighted by Gasteiger charge is 2.15. The van der Waals surface area contributed by atoms with Crippen molar-refractivity contribution in [3.8, 4) is 5.75 Å². The van der Waals surface area contributed by atoms with E-state index in [1.54, 1.807) is 36.4 Å². The van der Waals surface area contributed by atoms with E-state index < -0.39 is 24.4 Å². The van der Waals surface area contributed by atoms with Crippen LogP contribution in [0.25, 0.3) is 6.08 Å². The number of rotatable bonds is 7. The van der Waals surface area contributed by atoms with Gasteiger partial charge in [0.1, 0.15) is 11.4 Å². The fourth-order valence-electron chi connectivity index (χ4n) is 2.20. The van der Waals surface area contributed by atoms with Gasteiger partial charge in [0.15, 0.2) is 6.61 Å². The molecule has 0 heterocycles. The smallest absolute Gasteiger partial charge is 0.355 e. The molecule has 0 aliphatic carbocycles. The summed E-state index contributed by atoms with van der Waals surface area (Å²) in [5, 5.41) is 5.29. The summed E-state index contributed by atoms with van der Waals surface area (Å²) in [6.07, 6.45) is 1.46. The normalized spacial score (nSPS) is 10.8. The number of halogens is 1. The molecule has 0 aliphatic rings. The Morgan fingerprint density at radius 2 is 1.82 bits per heavy atom. The molecule has 0 aromatic heterocycles. The van der Waals surface area contributed by atoms with Crippen molar-refractivity contribution in [3.63, 3.8) is 0 Å². The van der Waals surface area contributed by atoms with Crippen molar-refractivity contribution in [1.82, 2.24) is 5.32 Å². The molecule has 146 valence electrons. The largest absolute Gasteiger partial charge is 0.495 e. The van der Waals surface area contributed by atoms with E-state index in [-0.39, 0.29) is 5.70 Å². The molecular formula is C20H19ClN2O5. The Morgan fingerprint density at radius 3 is 2.43 bits per heavy atom. The Bertz CT molecular complexity index is 897. The second-order valence-corrected chi connectivity index (χ2v) is 6.03. The summed E-state index contributed by atoms with van der Waals surface area (Å²) in [5.74, 6) is -1.35. The average Bonchev–Trinajstić information content (AvgIpc) is 2.66. The monoisotopic (exact) mass is 402 g/mol. The summed E-state index contributed by atoms with van der Waals surface area (Å²) < 4.78 is 10.0. The second kappa shape index (κ2) is 10.1. The summed E-state index contributed by atoms with van der Waals surface area (Å²) in [7, 11) is 1.48. The number of benzene rings is 2. The third-order valence-electron chi connectivity index (χ3n) is 3.41. The molecule has 7 nitrogen and oxygen atoms in total. The van der Waals surface area contributed by atoms with Gasteiger partial charge < -0.3 is 20.1 Å². The van der Waals surface area contributed by atoms with Crippen LogP contribution in [0.1, 0.15) is 12.5 Å². The minimum absolute atomic E-state index is 0.0704. The van der Waals surface area contributed by atoms with E-state index in [1.807, 2.05) is 6.07 Å². The van der Waals surface area contributed by atoms with Crippen LogP contribution in [0.5, 0.6) is 5.75 Å². The van der Waals surface area contributed by atoms with Crippen LogP contribution in [-0.2, 0) is 19.1 Å². The predicted octanol–water partition coefficient (Wildman–Crippen LogP) is 3.01. The number of methoxy groups -OCH3 is 1. The third-order valence-corrected chi connectivity index (χ3v) is 3.71. The highest BCUT2D eigenvalue weighted by molar-refractivity contribution is 6.32. The van der Waals surface area contributed by atoms with Gasteiger partial charge in [0.25, 0.3) is 5.91 Å². The van der Waals surface area contributed by atoms with Crippen LogP contribution in [0, 0.1) is 0 Å². The molecule has 2 N–H and O–H groups in total. The maximum atomic E-state index is 12.3. The molecule has 0 atom stereocenters. The van der Waals surface area contributed by atoms with Crippen molar-refractivity contribution >= 4 is 41.1 Å². The number of hydrogen-bond donors (Lipinski definition) is 2. The van der Waals surface area contributed by atoms with Crippen LogP contribution in [0.2, 0.25) is 5.02 Å². The van der Waals surface area contributed by atoms with Crippen LogP contribution in [0.3, 0.4) is 0 Å². The molecule has 0 bridgehead atoms. The molecule has 0 saturated heterocycles. The molecule has 0 aliphatic heterocycles. The van der Waals surface area contributed by atoms with Gasteiger partial charge >= 0.3 is 5.97 Å². The zero-order valence-corrected chi connectivity index (χ0v) is 16.1. The molecule has 8 heteroatoms. The minimum atomic E-state index is -0.832. The van der Waals surface area contributed by atoms with Crippen LogP contribution in [0.15, 0.2) is 54.2 Å². The van der Waals surface area contributed by atoms with Crippen LogP contribution >= 0.6 is 11.6 Å². The minimum Gasteiger partial charge on any atom is -0.495 e. The lowest BCUT2D eigenvalue weighted by atomic mass is 10.2. The zero-order chi connectivity index (χ0) is 20.5. The fraction of sp³-hybridized carbons (Fsp3) is 0.150. The zero-order valence-electron chi connectivity index (χ0n) is 15.3. The summed E-state index contributed by atoms with van der Waals surface area (Å²) >= 11 is 6.00. The Labute approximate surface area is 167 Å². The Hall–Kier alpha value is -3.32. The van der Waals surface area contributed by atoms with Gasteiger partial charge in [0.05, 0.1) is 12.1 Å². The molecule has 2 aromatic carbocycles. The first-order valence-electron chi connectivity index (χ1n) is 8.24. The Morgan fingerprint density at radius 1 is 1.11 bits per heavy atom. The summed E-state index contributed by atoms with van der Waals surface area (Å²) in [4.78, 5) is 35.6. The predicted molar refractivity (Wildman–Crippen MR) is 106 cm³/mol. The number of amides is 2. The first-order valence-corrected chi connectivity index (χ1v) is 8.61. The van der Waals surface area contributed by atoms with E-state index >= 15 is 0 Å². The highest BCUT2D eigenvalue weighted by atomic mass is 35.5. The summed E-state index contributed by atoms with van der Waals surface area (Å²) in [5.41, 5.74) is 1.05. The van der Waals surface area contributed by atoms with Crippen LogP contribution < -0.4 is 15.4 Å². The van der Waals surface area contributed by atoms with Crippen molar-refractivity contribution in [1.29, 1.82) is 0 Å². The Kier molecular flexibility index (Phi) is 7.59. The highest BCUT2D eigenvalue weighted by Crippen LogP contribution is 2.27. The topological polar surface area (TPSA) is 93.7 Å². The molecule has 0 radical (unpaired) electrons. The maximum Gasteiger partial charge on any atom is 0.355 e. The van der Waals surface area contributed by atoms with Gasteiger partial charge in [-0.1, -0.05) is 41.9 Å². The van der Waals surface area contributed by atoms with Gasteiger partial charge in [-0.25, -0.2) is 4.79 Å². The van der Waals surface area contributed by atoms with Crippen LogP contribution in [-0.4, -0.2) is 31.5 Å². The molecule has 0 spiro atoms. The summed E-state index contributed by atoms with van der Waals surface area (Å²) in [6, 6.07) is 13.6. The lowest BCUT2D eigenvalue weighted by molar-refractivity contribution is -0.144. The van der Waals surface area contributed by atoms with Crippen molar-refractivity contribution in [2.45, 2.75) is 6.92 Å². The van der Waals surface area contributed by atoms with E-state index in [0.717, 1.165) is 0 Å². The quantitative estimate of drug-likeness (QED) is 0.548. The fourth-order valence-corrected chi connectivity index (χ4v) is 2.46. The molecule has 0 unspecified atom stereocenters. The SMILES string of the molecule is COc1ccc(NC(=O)COC(=O)/C(=C/c2ccccc2)NC(C)=O)cc1Cl. The van der Waals surface area contributed by atoms with E-state index in [9.17, 15) is 14.4 Å². The van der Waals surface area contributed by atoms with E-state index in [1.165, 1.54) is 26.2 Å².